The number of hydrogen-bond donors (Lipinski definition) is 1. The summed E-state index contributed by atoms with van der Waals surface area (Å²) in [6.45, 7) is 7.60. The summed E-state index contributed by atoms with van der Waals surface area (Å²) < 4.78 is 0. The number of aryl methyl sites for hydroxylation is 2. The Balaban J connectivity index is 1.77. The average molecular weight is 274 g/mol. The van der Waals surface area contributed by atoms with E-state index in [1.165, 1.54) is 49.3 Å². The van der Waals surface area contributed by atoms with Crippen LogP contribution in [0.5, 0.6) is 0 Å². The van der Waals surface area contributed by atoms with Crippen LogP contribution in [0.4, 0.5) is 0 Å². The number of ketones is 1. The van der Waals surface area contributed by atoms with Gasteiger partial charge in [0.1, 0.15) is 0 Å². The Hall–Kier alpha value is -1.09. The zero-order chi connectivity index (χ0) is 14.1. The summed E-state index contributed by atoms with van der Waals surface area (Å²) in [5.41, 5.74) is 4.69. The number of nitrogens with one attached hydrogen (secondary N) is 1. The number of nitrogens with zero attached hydrogens (tertiary/aromatic N) is 1. The van der Waals surface area contributed by atoms with Crippen molar-refractivity contribution in [2.45, 2.75) is 52.4 Å². The van der Waals surface area contributed by atoms with Crippen molar-refractivity contribution >= 4 is 5.78 Å². The smallest absolute Gasteiger partial charge is 0.169 e. The highest BCUT2D eigenvalue weighted by Crippen LogP contribution is 2.31. The Morgan fingerprint density at radius 1 is 1.25 bits per heavy atom. The molecule has 0 bridgehead atoms. The van der Waals surface area contributed by atoms with Crippen LogP contribution in [0.25, 0.3) is 0 Å². The zero-order valence-electron chi connectivity index (χ0n) is 12.8. The first kappa shape index (κ1) is 13.9. The monoisotopic (exact) mass is 274 g/mol. The van der Waals surface area contributed by atoms with Crippen molar-refractivity contribution in [3.8, 4) is 0 Å². The average Bonchev–Trinajstić information content (AvgIpc) is 2.79. The lowest BCUT2D eigenvalue weighted by atomic mass is 9.83. The first-order valence-corrected chi connectivity index (χ1v) is 8.17. The van der Waals surface area contributed by atoms with Crippen molar-refractivity contribution < 1.29 is 4.79 Å². The van der Waals surface area contributed by atoms with E-state index in [0.29, 0.717) is 5.78 Å². The number of H-pyrrole nitrogens is 1. The lowest BCUT2D eigenvalue weighted by Gasteiger charge is -2.31. The molecule has 110 valence electrons. The second kappa shape index (κ2) is 5.72. The molecule has 0 spiro atoms. The number of carbonyl (C=O) groups excluding carboxylic acids is 1. The van der Waals surface area contributed by atoms with Crippen LogP contribution in [0.1, 0.15) is 59.9 Å². The van der Waals surface area contributed by atoms with Gasteiger partial charge in [0.25, 0.3) is 0 Å². The van der Waals surface area contributed by atoms with E-state index in [0.717, 1.165) is 31.4 Å². The Kier molecular flexibility index (Phi) is 3.97. The van der Waals surface area contributed by atoms with Crippen molar-refractivity contribution in [2.24, 2.45) is 5.92 Å². The second-order valence-electron chi connectivity index (χ2n) is 6.40. The molecule has 20 heavy (non-hydrogen) atoms. The molecule has 2 heterocycles. The van der Waals surface area contributed by atoms with Crippen molar-refractivity contribution in [1.82, 2.24) is 9.88 Å². The van der Waals surface area contributed by atoms with E-state index in [1.807, 2.05) is 0 Å². The van der Waals surface area contributed by atoms with Gasteiger partial charge in [-0.15, -0.1) is 0 Å². The summed E-state index contributed by atoms with van der Waals surface area (Å²) in [5, 5.41) is 0. The first-order chi connectivity index (χ1) is 9.70. The molecule has 3 heteroatoms. The standard InChI is InChI=1S/C17H26N2O/c1-3-14-12(2)18-15-8-7-13(17(20)16(14)15)11-19-9-5-4-6-10-19/h13,18H,3-11H2,1-2H3. The van der Waals surface area contributed by atoms with Gasteiger partial charge in [0.2, 0.25) is 0 Å². The highest BCUT2D eigenvalue weighted by molar-refractivity contribution is 6.01. The van der Waals surface area contributed by atoms with Gasteiger partial charge in [-0.25, -0.2) is 0 Å². The van der Waals surface area contributed by atoms with Crippen LogP contribution < -0.4 is 0 Å². The Morgan fingerprint density at radius 2 is 2.00 bits per heavy atom. The highest BCUT2D eigenvalue weighted by atomic mass is 16.1. The van der Waals surface area contributed by atoms with Crippen LogP contribution in [0.3, 0.4) is 0 Å². The summed E-state index contributed by atoms with van der Waals surface area (Å²) in [6.07, 6.45) is 6.98. The summed E-state index contributed by atoms with van der Waals surface area (Å²) in [7, 11) is 0. The third kappa shape index (κ3) is 2.44. The Bertz CT molecular complexity index is 497. The fraction of sp³-hybridized carbons (Fsp3) is 0.706. The largest absolute Gasteiger partial charge is 0.362 e. The number of carbonyl (C=O) groups is 1. The van der Waals surface area contributed by atoms with E-state index in [-0.39, 0.29) is 5.92 Å². The van der Waals surface area contributed by atoms with Gasteiger partial charge < -0.3 is 9.88 Å². The molecule has 3 nitrogen and oxygen atoms in total. The van der Waals surface area contributed by atoms with Crippen LogP contribution in [0.2, 0.25) is 0 Å². The molecule has 1 N–H and O–H groups in total. The number of fused-ring (bicyclic) bond motifs is 1. The zero-order valence-corrected chi connectivity index (χ0v) is 12.8. The van der Waals surface area contributed by atoms with E-state index >= 15 is 0 Å². The van der Waals surface area contributed by atoms with Crippen molar-refractivity contribution in [1.29, 1.82) is 0 Å². The van der Waals surface area contributed by atoms with Gasteiger partial charge in [-0.3, -0.25) is 4.79 Å². The van der Waals surface area contributed by atoms with E-state index in [1.54, 1.807) is 0 Å². The number of Topliss-reactive ketones (excluding diaryl/α,β-unsaturated/α-hetero) is 1. The molecular weight excluding hydrogens is 248 g/mol. The molecule has 2 aliphatic rings. The fourth-order valence-corrected chi connectivity index (χ4v) is 3.94. The molecule has 1 atom stereocenters. The van der Waals surface area contributed by atoms with Gasteiger partial charge in [-0.2, -0.15) is 0 Å². The lowest BCUT2D eigenvalue weighted by Crippen LogP contribution is -2.38. The lowest BCUT2D eigenvalue weighted by molar-refractivity contribution is 0.0844. The van der Waals surface area contributed by atoms with Crippen LogP contribution in [-0.2, 0) is 12.8 Å². The topological polar surface area (TPSA) is 36.1 Å². The molecular formula is C17H26N2O. The summed E-state index contributed by atoms with van der Waals surface area (Å²) in [6, 6.07) is 0. The Morgan fingerprint density at radius 3 is 2.70 bits per heavy atom. The normalized spacial score (nSPS) is 23.9. The first-order valence-electron chi connectivity index (χ1n) is 8.17. The SMILES string of the molecule is CCc1c(C)[nH]c2c1C(=O)C(CN1CCCCC1)CC2. The van der Waals surface area contributed by atoms with Gasteiger partial charge >= 0.3 is 0 Å². The molecule has 0 amide bonds. The Labute approximate surface area is 121 Å². The van der Waals surface area contributed by atoms with Crippen molar-refractivity contribution in [3.63, 3.8) is 0 Å². The summed E-state index contributed by atoms with van der Waals surface area (Å²) >= 11 is 0. The number of rotatable bonds is 3. The second-order valence-corrected chi connectivity index (χ2v) is 6.40. The van der Waals surface area contributed by atoms with Crippen LogP contribution in [0, 0.1) is 12.8 Å². The molecule has 0 saturated carbocycles. The molecule has 1 fully saturated rings. The fourth-order valence-electron chi connectivity index (χ4n) is 3.94. The number of hydrogen-bond acceptors (Lipinski definition) is 2. The number of aromatic amines is 1. The van der Waals surface area contributed by atoms with Gasteiger partial charge in [-0.05, 0) is 57.7 Å². The summed E-state index contributed by atoms with van der Waals surface area (Å²) in [5.74, 6) is 0.624. The quantitative estimate of drug-likeness (QED) is 0.919. The third-order valence-corrected chi connectivity index (χ3v) is 5.04. The summed E-state index contributed by atoms with van der Waals surface area (Å²) in [4.78, 5) is 18.8. The van der Waals surface area contributed by atoms with E-state index < -0.39 is 0 Å². The van der Waals surface area contributed by atoms with Gasteiger partial charge in [0.15, 0.2) is 5.78 Å². The van der Waals surface area contributed by atoms with Crippen LogP contribution in [0.15, 0.2) is 0 Å². The van der Waals surface area contributed by atoms with Crippen LogP contribution >= 0.6 is 0 Å². The molecule has 1 aliphatic heterocycles. The maximum atomic E-state index is 12.8. The molecule has 0 radical (unpaired) electrons. The van der Waals surface area contributed by atoms with Crippen molar-refractivity contribution in [2.75, 3.05) is 19.6 Å². The highest BCUT2D eigenvalue weighted by Gasteiger charge is 2.32. The molecule has 0 aromatic carbocycles. The predicted octanol–water partition coefficient (Wildman–Crippen LogP) is 3.12. The molecule has 1 aromatic heterocycles. The minimum absolute atomic E-state index is 0.223. The number of likely N-dealkylation sites (tertiary alicyclic amines) is 1. The maximum Gasteiger partial charge on any atom is 0.169 e. The molecule has 1 saturated heterocycles. The van der Waals surface area contributed by atoms with Gasteiger partial charge in [-0.1, -0.05) is 13.3 Å². The minimum Gasteiger partial charge on any atom is -0.362 e. The minimum atomic E-state index is 0.223. The number of aromatic nitrogens is 1. The maximum absolute atomic E-state index is 12.8. The van der Waals surface area contributed by atoms with Gasteiger partial charge in [0, 0.05) is 29.4 Å². The van der Waals surface area contributed by atoms with E-state index in [4.69, 9.17) is 0 Å². The van der Waals surface area contributed by atoms with Gasteiger partial charge in [0.05, 0.1) is 0 Å². The van der Waals surface area contributed by atoms with E-state index in [2.05, 4.69) is 23.7 Å². The molecule has 1 aromatic rings. The van der Waals surface area contributed by atoms with E-state index in [9.17, 15) is 4.79 Å². The molecule has 3 rings (SSSR count). The predicted molar refractivity (Wildman–Crippen MR) is 81.3 cm³/mol. The number of piperidine rings is 1. The molecule has 1 aliphatic carbocycles. The van der Waals surface area contributed by atoms with Crippen molar-refractivity contribution in [3.05, 3.63) is 22.5 Å². The van der Waals surface area contributed by atoms with Crippen LogP contribution in [-0.4, -0.2) is 35.3 Å². The third-order valence-electron chi connectivity index (χ3n) is 5.04. The molecule has 1 unspecified atom stereocenters.